The van der Waals surface area contributed by atoms with E-state index in [0.717, 1.165) is 19.3 Å². The van der Waals surface area contributed by atoms with Crippen LogP contribution in [0.1, 0.15) is 142 Å². The zero-order chi connectivity index (χ0) is 23.0. The predicted octanol–water partition coefficient (Wildman–Crippen LogP) is 7.34. The van der Waals surface area contributed by atoms with Gasteiger partial charge in [-0.1, -0.05) is 122 Å². The van der Waals surface area contributed by atoms with Crippen molar-refractivity contribution in [3.05, 3.63) is 12.2 Å². The summed E-state index contributed by atoms with van der Waals surface area (Å²) in [6.07, 6.45) is 31.3. The number of hydrogen-bond donors (Lipinski definition) is 2. The summed E-state index contributed by atoms with van der Waals surface area (Å²) in [5.41, 5.74) is 10.4. The Labute approximate surface area is 193 Å². The average molecular weight is 437 g/mol. The molecule has 0 radical (unpaired) electrons. The van der Waals surface area contributed by atoms with Crippen LogP contribution in [0.25, 0.3) is 0 Å². The van der Waals surface area contributed by atoms with Crippen LogP contribution in [0.5, 0.6) is 0 Å². The lowest BCUT2D eigenvalue weighted by Crippen LogP contribution is -2.34. The summed E-state index contributed by atoms with van der Waals surface area (Å²) in [5.74, 6) is -1.98. The van der Waals surface area contributed by atoms with E-state index in [0.29, 0.717) is 6.42 Å². The molecule has 31 heavy (non-hydrogen) atoms. The average Bonchev–Trinajstić information content (AvgIpc) is 2.73. The highest BCUT2D eigenvalue weighted by molar-refractivity contribution is 5.98. The highest BCUT2D eigenvalue weighted by Crippen LogP contribution is 2.14. The van der Waals surface area contributed by atoms with Gasteiger partial charge in [0.15, 0.2) is 0 Å². The first kappa shape index (κ1) is 29.7. The quantitative estimate of drug-likeness (QED) is 0.0941. The summed E-state index contributed by atoms with van der Waals surface area (Å²) in [7, 11) is 0. The minimum atomic E-state index is -0.792. The van der Waals surface area contributed by atoms with E-state index in [1.54, 1.807) is 0 Å². The predicted molar refractivity (Wildman–Crippen MR) is 134 cm³/mol. The van der Waals surface area contributed by atoms with Crippen molar-refractivity contribution < 1.29 is 9.59 Å². The number of carbonyl (C=O) groups is 2. The van der Waals surface area contributed by atoms with Crippen molar-refractivity contribution in [2.24, 2.45) is 17.4 Å². The van der Waals surface area contributed by atoms with Crippen LogP contribution in [0.2, 0.25) is 0 Å². The minimum absolute atomic E-state index is 0.497. The molecular formula is C27H52N2O2. The number of nitrogens with two attached hydrogens (primary N) is 2. The third kappa shape index (κ3) is 21.7. The third-order valence-electron chi connectivity index (χ3n) is 6.19. The Kier molecular flexibility index (Phi) is 22.4. The van der Waals surface area contributed by atoms with Crippen LogP contribution in [-0.2, 0) is 9.59 Å². The van der Waals surface area contributed by atoms with E-state index in [4.69, 9.17) is 11.5 Å². The molecule has 0 rings (SSSR count). The van der Waals surface area contributed by atoms with Gasteiger partial charge < -0.3 is 11.5 Å². The molecule has 0 aliphatic heterocycles. The number of hydrogen-bond acceptors (Lipinski definition) is 2. The van der Waals surface area contributed by atoms with E-state index < -0.39 is 17.7 Å². The Bertz CT molecular complexity index is 435. The molecule has 0 aromatic carbocycles. The van der Waals surface area contributed by atoms with Crippen molar-refractivity contribution in [2.75, 3.05) is 0 Å². The summed E-state index contributed by atoms with van der Waals surface area (Å²) in [5, 5.41) is 0. The van der Waals surface area contributed by atoms with E-state index in [1.807, 2.05) is 0 Å². The van der Waals surface area contributed by atoms with E-state index in [9.17, 15) is 9.59 Å². The lowest BCUT2D eigenvalue weighted by atomic mass is 9.99. The topological polar surface area (TPSA) is 86.2 Å². The summed E-state index contributed by atoms with van der Waals surface area (Å²) in [4.78, 5) is 22.2. The smallest absolute Gasteiger partial charge is 0.229 e. The number of amides is 2. The highest BCUT2D eigenvalue weighted by Gasteiger charge is 2.20. The number of carbonyl (C=O) groups excluding carboxylic acids is 2. The van der Waals surface area contributed by atoms with Crippen LogP contribution in [0.15, 0.2) is 12.2 Å². The molecule has 4 heteroatoms. The van der Waals surface area contributed by atoms with Crippen molar-refractivity contribution in [1.29, 1.82) is 0 Å². The van der Waals surface area contributed by atoms with Crippen LogP contribution in [0, 0.1) is 5.92 Å². The normalized spacial score (nSPS) is 11.5. The van der Waals surface area contributed by atoms with E-state index >= 15 is 0 Å². The molecule has 0 bridgehead atoms. The van der Waals surface area contributed by atoms with Gasteiger partial charge in [0.25, 0.3) is 0 Å². The van der Waals surface area contributed by atoms with Gasteiger partial charge in [0.1, 0.15) is 5.92 Å². The second-order valence-corrected chi connectivity index (χ2v) is 9.21. The van der Waals surface area contributed by atoms with Gasteiger partial charge in [0.05, 0.1) is 0 Å². The summed E-state index contributed by atoms with van der Waals surface area (Å²) < 4.78 is 0. The first-order valence-electron chi connectivity index (χ1n) is 13.3. The number of primary amides is 2. The molecule has 0 fully saturated rings. The summed E-state index contributed by atoms with van der Waals surface area (Å²) in [6.45, 7) is 2.28. The third-order valence-corrected chi connectivity index (χ3v) is 6.19. The van der Waals surface area contributed by atoms with Crippen LogP contribution in [0.4, 0.5) is 0 Å². The molecule has 2 amide bonds. The largest absolute Gasteiger partial charge is 0.369 e. The monoisotopic (exact) mass is 436 g/mol. The zero-order valence-corrected chi connectivity index (χ0v) is 20.6. The standard InChI is InChI=1S/C27H52N2O2/c1-2-3-4-5-6-7-8-9-10-11-12-13-14-15-16-17-18-19-20-21-22-23-24-25(26(28)30)27(29)31/h12-13,25H,2-11,14-24H2,1H3,(H2,28,30)(H2,29,31). The Morgan fingerprint density at radius 2 is 0.871 bits per heavy atom. The van der Waals surface area contributed by atoms with Crippen molar-refractivity contribution in [1.82, 2.24) is 0 Å². The Morgan fingerprint density at radius 1 is 0.548 bits per heavy atom. The van der Waals surface area contributed by atoms with Crippen LogP contribution < -0.4 is 11.5 Å². The van der Waals surface area contributed by atoms with Gasteiger partial charge in [-0.3, -0.25) is 9.59 Å². The Balaban J connectivity index is 3.24. The SMILES string of the molecule is CCCCCCCCCCCC=CCCCCCCCCCCCC(C(N)=O)C(N)=O. The summed E-state index contributed by atoms with van der Waals surface area (Å²) >= 11 is 0. The molecule has 0 heterocycles. The Morgan fingerprint density at radius 3 is 1.23 bits per heavy atom. The highest BCUT2D eigenvalue weighted by atomic mass is 16.2. The first-order valence-corrected chi connectivity index (χ1v) is 13.3. The molecule has 0 atom stereocenters. The Hall–Kier alpha value is -1.32. The lowest BCUT2D eigenvalue weighted by molar-refractivity contribution is -0.131. The molecule has 0 aliphatic rings. The van der Waals surface area contributed by atoms with Gasteiger partial charge in [-0.2, -0.15) is 0 Å². The first-order chi connectivity index (χ1) is 15.1. The van der Waals surface area contributed by atoms with Gasteiger partial charge in [-0.25, -0.2) is 0 Å². The van der Waals surface area contributed by atoms with E-state index in [1.165, 1.54) is 109 Å². The summed E-state index contributed by atoms with van der Waals surface area (Å²) in [6, 6.07) is 0. The van der Waals surface area contributed by atoms with Crippen molar-refractivity contribution in [3.63, 3.8) is 0 Å². The molecule has 0 aliphatic carbocycles. The van der Waals surface area contributed by atoms with Crippen LogP contribution in [-0.4, -0.2) is 11.8 Å². The van der Waals surface area contributed by atoms with Crippen molar-refractivity contribution >= 4 is 11.8 Å². The lowest BCUT2D eigenvalue weighted by Gasteiger charge is -2.08. The number of unbranched alkanes of at least 4 members (excludes halogenated alkanes) is 18. The maximum absolute atomic E-state index is 11.1. The molecule has 4 nitrogen and oxygen atoms in total. The fourth-order valence-corrected chi connectivity index (χ4v) is 4.08. The van der Waals surface area contributed by atoms with Gasteiger partial charge >= 0.3 is 0 Å². The fraction of sp³-hybridized carbons (Fsp3) is 0.852. The molecule has 0 aromatic heterocycles. The molecule has 0 aromatic rings. The molecular weight excluding hydrogens is 384 g/mol. The molecule has 182 valence electrons. The van der Waals surface area contributed by atoms with Gasteiger partial charge in [-0.05, 0) is 32.1 Å². The minimum Gasteiger partial charge on any atom is -0.369 e. The number of allylic oxidation sites excluding steroid dienone is 2. The van der Waals surface area contributed by atoms with Gasteiger partial charge in [0.2, 0.25) is 11.8 Å². The second-order valence-electron chi connectivity index (χ2n) is 9.21. The van der Waals surface area contributed by atoms with Crippen LogP contribution in [0.3, 0.4) is 0 Å². The van der Waals surface area contributed by atoms with Crippen molar-refractivity contribution in [3.8, 4) is 0 Å². The second kappa shape index (κ2) is 23.3. The molecule has 0 unspecified atom stereocenters. The molecule has 0 saturated carbocycles. The van der Waals surface area contributed by atoms with Gasteiger partial charge in [0, 0.05) is 0 Å². The molecule has 0 spiro atoms. The van der Waals surface area contributed by atoms with Crippen LogP contribution >= 0.6 is 0 Å². The molecule has 4 N–H and O–H groups in total. The van der Waals surface area contributed by atoms with E-state index in [2.05, 4.69) is 19.1 Å². The number of rotatable bonds is 24. The molecule has 0 saturated heterocycles. The van der Waals surface area contributed by atoms with E-state index in [-0.39, 0.29) is 0 Å². The maximum Gasteiger partial charge on any atom is 0.229 e. The maximum atomic E-state index is 11.1. The van der Waals surface area contributed by atoms with Gasteiger partial charge in [-0.15, -0.1) is 0 Å². The van der Waals surface area contributed by atoms with Crippen molar-refractivity contribution in [2.45, 2.75) is 142 Å². The zero-order valence-electron chi connectivity index (χ0n) is 20.6. The fourth-order valence-electron chi connectivity index (χ4n) is 4.08.